The second-order valence-corrected chi connectivity index (χ2v) is 6.02. The number of halogens is 1. The molecule has 3 nitrogen and oxygen atoms in total. The molecule has 1 unspecified atom stereocenters. The van der Waals surface area contributed by atoms with Crippen LogP contribution in [0.2, 0.25) is 5.02 Å². The second kappa shape index (κ2) is 7.59. The topological polar surface area (TPSA) is 44.5 Å². The minimum atomic E-state index is -0.0783. The number of ether oxygens (including phenoxy) is 2. The fourth-order valence-corrected chi connectivity index (χ4v) is 2.92. The Kier molecular flexibility index (Phi) is 5.79. The summed E-state index contributed by atoms with van der Waals surface area (Å²) in [5.74, 6) is 2.18. The summed E-state index contributed by atoms with van der Waals surface area (Å²) in [5.41, 5.74) is 7.27. The van der Waals surface area contributed by atoms with E-state index < -0.39 is 0 Å². The summed E-state index contributed by atoms with van der Waals surface area (Å²) in [6, 6.07) is 13.4. The first kappa shape index (κ1) is 16.0. The van der Waals surface area contributed by atoms with Crippen molar-refractivity contribution in [2.75, 3.05) is 20.0 Å². The molecule has 0 aromatic heterocycles. The molecule has 0 heterocycles. The Morgan fingerprint density at radius 1 is 1.05 bits per heavy atom. The van der Waals surface area contributed by atoms with Crippen molar-refractivity contribution in [3.8, 4) is 11.5 Å². The van der Waals surface area contributed by atoms with E-state index in [0.717, 1.165) is 21.2 Å². The van der Waals surface area contributed by atoms with Gasteiger partial charge < -0.3 is 15.2 Å². The van der Waals surface area contributed by atoms with E-state index in [0.29, 0.717) is 11.5 Å². The van der Waals surface area contributed by atoms with E-state index in [2.05, 4.69) is 0 Å². The first-order valence-electron chi connectivity index (χ1n) is 6.50. The largest absolute Gasteiger partial charge is 0.493 e. The number of thioether (sulfide) groups is 1. The normalized spacial score (nSPS) is 12.0. The third kappa shape index (κ3) is 4.30. The van der Waals surface area contributed by atoms with Gasteiger partial charge in [-0.15, -0.1) is 11.8 Å². The molecule has 2 aromatic rings. The van der Waals surface area contributed by atoms with Crippen LogP contribution in [-0.2, 0) is 0 Å². The highest BCUT2D eigenvalue weighted by Crippen LogP contribution is 2.31. The quantitative estimate of drug-likeness (QED) is 0.811. The van der Waals surface area contributed by atoms with Crippen LogP contribution in [0, 0.1) is 0 Å². The van der Waals surface area contributed by atoms with Gasteiger partial charge in [0.25, 0.3) is 0 Å². The number of benzene rings is 2. The molecule has 0 spiro atoms. The average molecular weight is 324 g/mol. The van der Waals surface area contributed by atoms with Crippen molar-refractivity contribution in [1.82, 2.24) is 0 Å². The molecule has 2 rings (SSSR count). The molecule has 0 aliphatic rings. The summed E-state index contributed by atoms with van der Waals surface area (Å²) in [6.45, 7) is 0. The molecule has 0 fully saturated rings. The fourth-order valence-electron chi connectivity index (χ4n) is 1.90. The van der Waals surface area contributed by atoms with Crippen LogP contribution in [-0.4, -0.2) is 20.0 Å². The maximum absolute atomic E-state index is 6.24. The van der Waals surface area contributed by atoms with Crippen LogP contribution in [0.1, 0.15) is 11.6 Å². The van der Waals surface area contributed by atoms with E-state index in [1.54, 1.807) is 26.0 Å². The molecule has 112 valence electrons. The van der Waals surface area contributed by atoms with Gasteiger partial charge in [0.2, 0.25) is 0 Å². The molecule has 2 aromatic carbocycles. The van der Waals surface area contributed by atoms with Crippen molar-refractivity contribution in [3.63, 3.8) is 0 Å². The van der Waals surface area contributed by atoms with E-state index in [-0.39, 0.29) is 6.04 Å². The lowest BCUT2D eigenvalue weighted by molar-refractivity contribution is 0.354. The Hall–Kier alpha value is -1.36. The zero-order valence-electron chi connectivity index (χ0n) is 12.0. The molecular formula is C16H18ClNO2S. The van der Waals surface area contributed by atoms with Gasteiger partial charge in [0.1, 0.15) is 0 Å². The molecule has 0 amide bonds. The first-order valence-corrected chi connectivity index (χ1v) is 7.86. The summed E-state index contributed by atoms with van der Waals surface area (Å²) in [6.07, 6.45) is 0. The zero-order valence-corrected chi connectivity index (χ0v) is 13.6. The van der Waals surface area contributed by atoms with Gasteiger partial charge in [0.15, 0.2) is 11.5 Å². The molecular weight excluding hydrogens is 306 g/mol. The second-order valence-electron chi connectivity index (χ2n) is 4.49. The molecule has 0 bridgehead atoms. The van der Waals surface area contributed by atoms with Gasteiger partial charge in [0.05, 0.1) is 14.2 Å². The van der Waals surface area contributed by atoms with Gasteiger partial charge in [-0.2, -0.15) is 0 Å². The molecule has 0 aliphatic carbocycles. The van der Waals surface area contributed by atoms with Gasteiger partial charge in [-0.05, 0) is 42.0 Å². The first-order chi connectivity index (χ1) is 10.1. The summed E-state index contributed by atoms with van der Waals surface area (Å²) < 4.78 is 10.5. The summed E-state index contributed by atoms with van der Waals surface area (Å²) in [5, 5.41) is 0.739. The molecule has 21 heavy (non-hydrogen) atoms. The number of hydrogen-bond donors (Lipinski definition) is 1. The van der Waals surface area contributed by atoms with Crippen molar-refractivity contribution >= 4 is 23.4 Å². The lowest BCUT2D eigenvalue weighted by Gasteiger charge is -2.14. The zero-order chi connectivity index (χ0) is 15.2. The van der Waals surface area contributed by atoms with Crippen LogP contribution in [0.4, 0.5) is 0 Å². The van der Waals surface area contributed by atoms with Crippen LogP contribution in [0.3, 0.4) is 0 Å². The van der Waals surface area contributed by atoms with E-state index in [1.165, 1.54) is 0 Å². The minimum absolute atomic E-state index is 0.0783. The maximum Gasteiger partial charge on any atom is 0.161 e. The van der Waals surface area contributed by atoms with Crippen LogP contribution in [0.25, 0.3) is 0 Å². The summed E-state index contributed by atoms with van der Waals surface area (Å²) in [4.78, 5) is 1.15. The predicted molar refractivity (Wildman–Crippen MR) is 88.7 cm³/mol. The third-order valence-electron chi connectivity index (χ3n) is 3.08. The third-order valence-corrected chi connectivity index (χ3v) is 4.46. The smallest absolute Gasteiger partial charge is 0.161 e. The number of nitrogens with two attached hydrogens (primary N) is 1. The number of methoxy groups -OCH3 is 2. The molecule has 0 radical (unpaired) electrons. The SMILES string of the molecule is COc1ccc(C(N)CSc2ccc(Cl)cc2)cc1OC. The van der Waals surface area contributed by atoms with Crippen molar-refractivity contribution < 1.29 is 9.47 Å². The Morgan fingerprint density at radius 3 is 2.33 bits per heavy atom. The van der Waals surface area contributed by atoms with Gasteiger partial charge in [-0.25, -0.2) is 0 Å². The molecule has 0 aliphatic heterocycles. The predicted octanol–water partition coefficient (Wildman–Crippen LogP) is 4.15. The van der Waals surface area contributed by atoms with Crippen molar-refractivity contribution in [3.05, 3.63) is 53.1 Å². The molecule has 1 atom stereocenters. The van der Waals surface area contributed by atoms with E-state index in [4.69, 9.17) is 26.8 Å². The highest BCUT2D eigenvalue weighted by Gasteiger charge is 2.11. The van der Waals surface area contributed by atoms with Crippen LogP contribution in [0.5, 0.6) is 11.5 Å². The molecule has 2 N–H and O–H groups in total. The Labute approximate surface area is 134 Å². The minimum Gasteiger partial charge on any atom is -0.493 e. The van der Waals surface area contributed by atoms with E-state index >= 15 is 0 Å². The highest BCUT2D eigenvalue weighted by molar-refractivity contribution is 7.99. The van der Waals surface area contributed by atoms with E-state index in [9.17, 15) is 0 Å². The summed E-state index contributed by atoms with van der Waals surface area (Å²) >= 11 is 7.57. The standard InChI is InChI=1S/C16H18ClNO2S/c1-19-15-8-3-11(9-16(15)20-2)14(18)10-21-13-6-4-12(17)5-7-13/h3-9,14H,10,18H2,1-2H3. The monoisotopic (exact) mass is 323 g/mol. The number of rotatable bonds is 6. The van der Waals surface area contributed by atoms with Gasteiger partial charge in [0, 0.05) is 21.7 Å². The summed E-state index contributed by atoms with van der Waals surface area (Å²) in [7, 11) is 3.24. The number of hydrogen-bond acceptors (Lipinski definition) is 4. The maximum atomic E-state index is 6.24. The van der Waals surface area contributed by atoms with Crippen molar-refractivity contribution in [1.29, 1.82) is 0 Å². The fraction of sp³-hybridized carbons (Fsp3) is 0.250. The van der Waals surface area contributed by atoms with Crippen molar-refractivity contribution in [2.45, 2.75) is 10.9 Å². The molecule has 0 saturated heterocycles. The van der Waals surface area contributed by atoms with E-state index in [1.807, 2.05) is 42.5 Å². The lowest BCUT2D eigenvalue weighted by Crippen LogP contribution is -2.13. The molecule has 5 heteroatoms. The van der Waals surface area contributed by atoms with Gasteiger partial charge >= 0.3 is 0 Å². The average Bonchev–Trinajstić information content (AvgIpc) is 2.53. The Balaban J connectivity index is 2.02. The van der Waals surface area contributed by atoms with Gasteiger partial charge in [-0.3, -0.25) is 0 Å². The molecule has 0 saturated carbocycles. The van der Waals surface area contributed by atoms with Crippen LogP contribution < -0.4 is 15.2 Å². The van der Waals surface area contributed by atoms with Crippen LogP contribution in [0.15, 0.2) is 47.4 Å². The highest BCUT2D eigenvalue weighted by atomic mass is 35.5. The van der Waals surface area contributed by atoms with Crippen LogP contribution >= 0.6 is 23.4 Å². The Morgan fingerprint density at radius 2 is 1.71 bits per heavy atom. The lowest BCUT2D eigenvalue weighted by atomic mass is 10.1. The van der Waals surface area contributed by atoms with Crippen molar-refractivity contribution in [2.24, 2.45) is 5.73 Å². The Bertz CT molecular complexity index is 589. The van der Waals surface area contributed by atoms with Gasteiger partial charge in [-0.1, -0.05) is 17.7 Å².